The highest BCUT2D eigenvalue weighted by Crippen LogP contribution is 2.20. The maximum atomic E-state index is 5.06. The number of ether oxygens (including phenoxy) is 1. The van der Waals surface area contributed by atoms with E-state index in [1.54, 1.807) is 7.11 Å². The van der Waals surface area contributed by atoms with Crippen LogP contribution in [0.4, 0.5) is 5.69 Å². The van der Waals surface area contributed by atoms with Gasteiger partial charge in [-0.1, -0.05) is 13.3 Å². The molecule has 3 heteroatoms. The fourth-order valence-corrected chi connectivity index (χ4v) is 1.46. The minimum atomic E-state index is 0.641. The van der Waals surface area contributed by atoms with Crippen LogP contribution in [0.2, 0.25) is 0 Å². The number of pyridine rings is 1. The summed E-state index contributed by atoms with van der Waals surface area (Å²) in [6.45, 7) is 6.21. The zero-order valence-corrected chi connectivity index (χ0v) is 10.6. The number of methoxy groups -OCH3 is 1. The Morgan fingerprint density at radius 2 is 2.19 bits per heavy atom. The second-order valence-electron chi connectivity index (χ2n) is 3.91. The summed E-state index contributed by atoms with van der Waals surface area (Å²) in [5.41, 5.74) is 3.02. The summed E-state index contributed by atoms with van der Waals surface area (Å²) in [4.78, 5) is 8.87. The van der Waals surface area contributed by atoms with Crippen LogP contribution in [0.15, 0.2) is 17.1 Å². The molecule has 0 N–H and O–H groups in total. The monoisotopic (exact) mass is 220 g/mol. The molecule has 16 heavy (non-hydrogen) atoms. The summed E-state index contributed by atoms with van der Waals surface area (Å²) < 4.78 is 5.06. The number of aryl methyl sites for hydroxylation is 1. The molecule has 0 unspecified atom stereocenters. The zero-order valence-electron chi connectivity index (χ0n) is 10.6. The fraction of sp³-hybridized carbons (Fsp3) is 0.538. The third-order valence-corrected chi connectivity index (χ3v) is 2.44. The lowest BCUT2D eigenvalue weighted by atomic mass is 10.2. The quantitative estimate of drug-likeness (QED) is 0.709. The number of aliphatic imine (C=N–C) groups is 1. The van der Waals surface area contributed by atoms with Gasteiger partial charge in [-0.2, -0.15) is 0 Å². The summed E-state index contributed by atoms with van der Waals surface area (Å²) in [5, 5.41) is 0. The Morgan fingerprint density at radius 3 is 2.75 bits per heavy atom. The van der Waals surface area contributed by atoms with Crippen LogP contribution in [0.25, 0.3) is 0 Å². The summed E-state index contributed by atoms with van der Waals surface area (Å²) in [7, 11) is 1.62. The fourth-order valence-electron chi connectivity index (χ4n) is 1.46. The van der Waals surface area contributed by atoms with Crippen molar-refractivity contribution in [3.05, 3.63) is 17.8 Å². The summed E-state index contributed by atoms with van der Waals surface area (Å²) in [5.74, 6) is 0.641. The molecule has 1 rings (SSSR count). The van der Waals surface area contributed by atoms with Gasteiger partial charge in [-0.15, -0.1) is 0 Å². The lowest BCUT2D eigenvalue weighted by Gasteiger charge is -2.04. The molecule has 0 aromatic carbocycles. The third kappa shape index (κ3) is 3.65. The van der Waals surface area contributed by atoms with Crippen LogP contribution in [0.5, 0.6) is 5.88 Å². The lowest BCUT2D eigenvalue weighted by Crippen LogP contribution is -1.93. The molecular formula is C13H20N2O. The number of aromatic nitrogens is 1. The molecule has 3 nitrogen and oxygen atoms in total. The minimum absolute atomic E-state index is 0.641. The van der Waals surface area contributed by atoms with E-state index in [0.717, 1.165) is 23.5 Å². The van der Waals surface area contributed by atoms with Crippen molar-refractivity contribution >= 4 is 11.4 Å². The van der Waals surface area contributed by atoms with Crippen LogP contribution in [0, 0.1) is 6.92 Å². The topological polar surface area (TPSA) is 34.5 Å². The number of hydrogen-bond acceptors (Lipinski definition) is 3. The predicted molar refractivity (Wildman–Crippen MR) is 67.8 cm³/mol. The van der Waals surface area contributed by atoms with Gasteiger partial charge in [-0.05, 0) is 32.8 Å². The van der Waals surface area contributed by atoms with E-state index in [1.165, 1.54) is 12.8 Å². The summed E-state index contributed by atoms with van der Waals surface area (Å²) in [6.07, 6.45) is 3.45. The van der Waals surface area contributed by atoms with Gasteiger partial charge in [-0.25, -0.2) is 4.98 Å². The highest BCUT2D eigenvalue weighted by Gasteiger charge is 2.01. The molecule has 88 valence electrons. The Kier molecular flexibility index (Phi) is 4.96. The SMILES string of the molecule is CCCCC(C)=Nc1ccc(OC)nc1C. The molecule has 0 bridgehead atoms. The van der Waals surface area contributed by atoms with Crippen LogP contribution in [-0.2, 0) is 0 Å². The zero-order chi connectivity index (χ0) is 12.0. The van der Waals surface area contributed by atoms with Crippen LogP contribution in [-0.4, -0.2) is 17.8 Å². The molecule has 1 aromatic heterocycles. The van der Waals surface area contributed by atoms with Gasteiger partial charge in [0.05, 0.1) is 18.5 Å². The third-order valence-electron chi connectivity index (χ3n) is 2.44. The molecule has 1 heterocycles. The Morgan fingerprint density at radius 1 is 1.44 bits per heavy atom. The Bertz CT molecular complexity index is 372. The average Bonchev–Trinajstić information content (AvgIpc) is 2.29. The van der Waals surface area contributed by atoms with Crippen LogP contribution < -0.4 is 4.74 Å². The van der Waals surface area contributed by atoms with E-state index < -0.39 is 0 Å². The molecule has 0 aliphatic rings. The Balaban J connectivity index is 2.80. The van der Waals surface area contributed by atoms with Crippen molar-refractivity contribution < 1.29 is 4.74 Å². The van der Waals surface area contributed by atoms with E-state index in [0.29, 0.717) is 5.88 Å². The number of hydrogen-bond donors (Lipinski definition) is 0. The molecule has 0 fully saturated rings. The lowest BCUT2D eigenvalue weighted by molar-refractivity contribution is 0.397. The van der Waals surface area contributed by atoms with Gasteiger partial charge in [0.25, 0.3) is 0 Å². The first-order valence-corrected chi connectivity index (χ1v) is 5.73. The highest BCUT2D eigenvalue weighted by molar-refractivity contribution is 5.84. The molecule has 0 saturated carbocycles. The van der Waals surface area contributed by atoms with E-state index in [2.05, 4.69) is 23.8 Å². The summed E-state index contributed by atoms with van der Waals surface area (Å²) >= 11 is 0. The maximum absolute atomic E-state index is 5.06. The van der Waals surface area contributed by atoms with Gasteiger partial charge in [0, 0.05) is 11.8 Å². The van der Waals surface area contributed by atoms with E-state index in [4.69, 9.17) is 4.74 Å². The van der Waals surface area contributed by atoms with Crippen LogP contribution in [0.1, 0.15) is 38.8 Å². The second kappa shape index (κ2) is 6.26. The molecular weight excluding hydrogens is 200 g/mol. The van der Waals surface area contributed by atoms with Crippen LogP contribution in [0.3, 0.4) is 0 Å². The number of unbranched alkanes of at least 4 members (excludes halogenated alkanes) is 1. The van der Waals surface area contributed by atoms with Crippen molar-refractivity contribution in [2.75, 3.05) is 7.11 Å². The molecule has 0 aliphatic heterocycles. The molecule has 0 atom stereocenters. The smallest absolute Gasteiger partial charge is 0.213 e. The van der Waals surface area contributed by atoms with Crippen LogP contribution >= 0.6 is 0 Å². The Labute approximate surface area is 97.6 Å². The number of rotatable bonds is 5. The standard InChI is InChI=1S/C13H20N2O/c1-5-6-7-10(2)14-12-8-9-13(16-4)15-11(12)3/h8-9H,5-7H2,1-4H3. The van der Waals surface area contributed by atoms with Gasteiger partial charge in [0.15, 0.2) is 0 Å². The van der Waals surface area contributed by atoms with Crippen molar-refractivity contribution in [2.45, 2.75) is 40.0 Å². The predicted octanol–water partition coefficient (Wildman–Crippen LogP) is 3.68. The Hall–Kier alpha value is -1.38. The van der Waals surface area contributed by atoms with Gasteiger partial charge >= 0.3 is 0 Å². The van der Waals surface area contributed by atoms with Gasteiger partial charge in [0.2, 0.25) is 5.88 Å². The van der Waals surface area contributed by atoms with Gasteiger partial charge in [0.1, 0.15) is 0 Å². The van der Waals surface area contributed by atoms with E-state index in [-0.39, 0.29) is 0 Å². The van der Waals surface area contributed by atoms with Gasteiger partial charge in [-0.3, -0.25) is 4.99 Å². The molecule has 1 aromatic rings. The normalized spacial score (nSPS) is 11.6. The molecule has 0 spiro atoms. The first kappa shape index (κ1) is 12.7. The highest BCUT2D eigenvalue weighted by atomic mass is 16.5. The van der Waals surface area contributed by atoms with E-state index in [9.17, 15) is 0 Å². The van der Waals surface area contributed by atoms with Crippen molar-refractivity contribution in [3.63, 3.8) is 0 Å². The van der Waals surface area contributed by atoms with E-state index in [1.807, 2.05) is 19.1 Å². The average molecular weight is 220 g/mol. The molecule has 0 aliphatic carbocycles. The molecule has 0 amide bonds. The largest absolute Gasteiger partial charge is 0.481 e. The first-order chi connectivity index (χ1) is 7.67. The van der Waals surface area contributed by atoms with Crippen molar-refractivity contribution in [1.29, 1.82) is 0 Å². The summed E-state index contributed by atoms with van der Waals surface area (Å²) in [6, 6.07) is 3.80. The molecule has 0 radical (unpaired) electrons. The van der Waals surface area contributed by atoms with Gasteiger partial charge < -0.3 is 4.74 Å². The first-order valence-electron chi connectivity index (χ1n) is 5.73. The number of nitrogens with zero attached hydrogens (tertiary/aromatic N) is 2. The van der Waals surface area contributed by atoms with Crippen molar-refractivity contribution in [2.24, 2.45) is 4.99 Å². The van der Waals surface area contributed by atoms with E-state index >= 15 is 0 Å². The van der Waals surface area contributed by atoms with Crippen molar-refractivity contribution in [1.82, 2.24) is 4.98 Å². The second-order valence-corrected chi connectivity index (χ2v) is 3.91. The maximum Gasteiger partial charge on any atom is 0.213 e. The molecule has 0 saturated heterocycles. The minimum Gasteiger partial charge on any atom is -0.481 e. The van der Waals surface area contributed by atoms with Crippen molar-refractivity contribution in [3.8, 4) is 5.88 Å².